The standard InChI is InChI=1S/C36H28ClNO6/c1-19-15-30(40)33-28(34(19)41)17-27-24(13-14-26-32(27)36(43)38(35(26)42)22-9-7-21(37)8-10-22)31(33)25-12-11-23(16-29(25)39)44-18-20-5-3-2-4-6-20/h2-13,15-16,26-27,31-32,39H,14,17-18H2,1H3. The number of imide groups is 1. The van der Waals surface area contributed by atoms with Crippen molar-refractivity contribution < 1.29 is 29.0 Å². The number of phenolic OH excluding ortho intramolecular Hbond substituents is 1. The number of ketones is 2. The minimum Gasteiger partial charge on any atom is -0.507 e. The van der Waals surface area contributed by atoms with Crippen LogP contribution in [0.2, 0.25) is 5.02 Å². The van der Waals surface area contributed by atoms with E-state index in [0.717, 1.165) is 11.1 Å². The van der Waals surface area contributed by atoms with Crippen LogP contribution in [0.1, 0.15) is 36.8 Å². The molecule has 7 rings (SSSR count). The van der Waals surface area contributed by atoms with Gasteiger partial charge >= 0.3 is 0 Å². The van der Waals surface area contributed by atoms with E-state index in [4.69, 9.17) is 16.3 Å². The van der Waals surface area contributed by atoms with E-state index >= 15 is 0 Å². The summed E-state index contributed by atoms with van der Waals surface area (Å²) in [6, 6.07) is 21.2. The summed E-state index contributed by atoms with van der Waals surface area (Å²) in [5.41, 5.74) is 3.63. The predicted octanol–water partition coefficient (Wildman–Crippen LogP) is 6.26. The van der Waals surface area contributed by atoms with Gasteiger partial charge in [0.1, 0.15) is 18.1 Å². The number of anilines is 1. The van der Waals surface area contributed by atoms with Gasteiger partial charge in [-0.25, -0.2) is 0 Å². The molecule has 0 radical (unpaired) electrons. The smallest absolute Gasteiger partial charge is 0.238 e. The van der Waals surface area contributed by atoms with Crippen LogP contribution in [-0.4, -0.2) is 28.5 Å². The summed E-state index contributed by atoms with van der Waals surface area (Å²) in [5.74, 6) is -3.35. The highest BCUT2D eigenvalue weighted by atomic mass is 35.5. The Hall–Kier alpha value is -4.75. The zero-order chi connectivity index (χ0) is 30.7. The zero-order valence-corrected chi connectivity index (χ0v) is 24.6. The van der Waals surface area contributed by atoms with Gasteiger partial charge in [-0.1, -0.05) is 59.6 Å². The van der Waals surface area contributed by atoms with Gasteiger partial charge in [0.05, 0.1) is 17.5 Å². The first-order valence-electron chi connectivity index (χ1n) is 14.6. The van der Waals surface area contributed by atoms with E-state index in [1.807, 2.05) is 36.4 Å². The largest absolute Gasteiger partial charge is 0.507 e. The van der Waals surface area contributed by atoms with E-state index in [-0.39, 0.29) is 35.6 Å². The van der Waals surface area contributed by atoms with Crippen molar-refractivity contribution in [3.8, 4) is 11.5 Å². The lowest BCUT2D eigenvalue weighted by atomic mass is 9.59. The maximum absolute atomic E-state index is 14.0. The van der Waals surface area contributed by atoms with Crippen molar-refractivity contribution in [3.63, 3.8) is 0 Å². The Labute approximate surface area is 259 Å². The van der Waals surface area contributed by atoms with Crippen molar-refractivity contribution in [3.05, 3.63) is 123 Å². The molecule has 2 amide bonds. The minimum atomic E-state index is -0.749. The Bertz CT molecular complexity index is 1840. The molecule has 0 saturated carbocycles. The zero-order valence-electron chi connectivity index (χ0n) is 23.8. The second kappa shape index (κ2) is 10.8. The Balaban J connectivity index is 1.28. The number of amides is 2. The number of aromatic hydroxyl groups is 1. The number of hydrogen-bond acceptors (Lipinski definition) is 6. The monoisotopic (exact) mass is 605 g/mol. The normalized spacial score (nSPS) is 24.5. The molecule has 3 aromatic carbocycles. The van der Waals surface area contributed by atoms with E-state index in [2.05, 4.69) is 0 Å². The lowest BCUT2D eigenvalue weighted by Gasteiger charge is -2.42. The van der Waals surface area contributed by atoms with Gasteiger partial charge in [-0.15, -0.1) is 0 Å². The molecular formula is C36H28ClNO6. The van der Waals surface area contributed by atoms with Crippen LogP contribution < -0.4 is 9.64 Å². The molecule has 1 saturated heterocycles. The number of fused-ring (bicyclic) bond motifs is 3. The lowest BCUT2D eigenvalue weighted by molar-refractivity contribution is -0.123. The number of allylic oxidation sites excluding steroid dienone is 6. The first kappa shape index (κ1) is 28.0. The highest BCUT2D eigenvalue weighted by Crippen LogP contribution is 2.56. The molecule has 0 spiro atoms. The fourth-order valence-corrected chi connectivity index (χ4v) is 7.31. The van der Waals surface area contributed by atoms with Crippen LogP contribution in [0.25, 0.3) is 0 Å². The highest BCUT2D eigenvalue weighted by molar-refractivity contribution is 6.31. The summed E-state index contributed by atoms with van der Waals surface area (Å²) < 4.78 is 5.91. The van der Waals surface area contributed by atoms with Crippen molar-refractivity contribution in [2.45, 2.75) is 32.3 Å². The number of carbonyl (C=O) groups excluding carboxylic acids is 4. The summed E-state index contributed by atoms with van der Waals surface area (Å²) >= 11 is 6.05. The van der Waals surface area contributed by atoms with Gasteiger partial charge in [-0.3, -0.25) is 24.1 Å². The summed E-state index contributed by atoms with van der Waals surface area (Å²) in [6.45, 7) is 1.92. The van der Waals surface area contributed by atoms with Gasteiger partial charge in [-0.2, -0.15) is 0 Å². The summed E-state index contributed by atoms with van der Waals surface area (Å²) in [5, 5.41) is 11.8. The number of hydrogen-bond donors (Lipinski definition) is 1. The molecule has 44 heavy (non-hydrogen) atoms. The molecular weight excluding hydrogens is 578 g/mol. The Morgan fingerprint density at radius 3 is 2.41 bits per heavy atom. The fraction of sp³-hybridized carbons (Fsp3) is 0.222. The SMILES string of the molecule is CC1=CC(=O)C2=C(CC3C(=CCC4C(=O)N(c5ccc(Cl)cc5)C(=O)C43)C2c2ccc(OCc3ccccc3)cc2O)C1=O. The second-order valence-corrected chi connectivity index (χ2v) is 12.1. The van der Waals surface area contributed by atoms with Crippen molar-refractivity contribution in [1.82, 2.24) is 0 Å². The maximum Gasteiger partial charge on any atom is 0.238 e. The first-order chi connectivity index (χ1) is 21.2. The summed E-state index contributed by atoms with van der Waals surface area (Å²) in [7, 11) is 0. The van der Waals surface area contributed by atoms with Gasteiger partial charge < -0.3 is 9.84 Å². The van der Waals surface area contributed by atoms with Crippen LogP contribution in [0.15, 0.2) is 107 Å². The van der Waals surface area contributed by atoms with E-state index in [9.17, 15) is 24.3 Å². The minimum absolute atomic E-state index is 0.0841. The molecule has 1 aliphatic heterocycles. The number of nitrogens with zero attached hydrogens (tertiary/aromatic N) is 1. The van der Waals surface area contributed by atoms with Crippen LogP contribution in [0.3, 0.4) is 0 Å². The van der Waals surface area contributed by atoms with Crippen LogP contribution in [0.5, 0.6) is 11.5 Å². The topological polar surface area (TPSA) is 101 Å². The number of phenols is 1. The summed E-state index contributed by atoms with van der Waals surface area (Å²) in [6.07, 6.45) is 3.75. The third-order valence-corrected chi connectivity index (χ3v) is 9.46. The molecule has 3 aliphatic carbocycles. The number of ether oxygens (including phenoxy) is 1. The third kappa shape index (κ3) is 4.50. The molecule has 1 fully saturated rings. The van der Waals surface area contributed by atoms with E-state index in [1.165, 1.54) is 17.0 Å². The van der Waals surface area contributed by atoms with E-state index in [0.29, 0.717) is 51.8 Å². The molecule has 220 valence electrons. The van der Waals surface area contributed by atoms with Crippen molar-refractivity contribution >= 4 is 40.7 Å². The average molecular weight is 606 g/mol. The number of benzene rings is 3. The quantitative estimate of drug-likeness (QED) is 0.209. The highest BCUT2D eigenvalue weighted by Gasteiger charge is 2.56. The molecule has 4 atom stereocenters. The van der Waals surface area contributed by atoms with Crippen LogP contribution >= 0.6 is 11.6 Å². The number of rotatable bonds is 5. The average Bonchev–Trinajstić information content (AvgIpc) is 3.28. The molecule has 3 aromatic rings. The van der Waals surface area contributed by atoms with Crippen molar-refractivity contribution in [1.29, 1.82) is 0 Å². The van der Waals surface area contributed by atoms with Crippen LogP contribution in [0.4, 0.5) is 5.69 Å². The predicted molar refractivity (Wildman–Crippen MR) is 164 cm³/mol. The van der Waals surface area contributed by atoms with Crippen molar-refractivity contribution in [2.75, 3.05) is 4.90 Å². The van der Waals surface area contributed by atoms with Gasteiger partial charge in [0.25, 0.3) is 0 Å². The molecule has 0 aromatic heterocycles. The number of halogens is 1. The first-order valence-corrected chi connectivity index (χ1v) is 14.9. The lowest BCUT2D eigenvalue weighted by Crippen LogP contribution is -2.39. The van der Waals surface area contributed by atoms with Gasteiger partial charge in [0, 0.05) is 39.3 Å². The molecule has 7 nitrogen and oxygen atoms in total. The van der Waals surface area contributed by atoms with Gasteiger partial charge in [0.2, 0.25) is 11.8 Å². The molecule has 8 heteroatoms. The van der Waals surface area contributed by atoms with Crippen LogP contribution in [-0.2, 0) is 25.8 Å². The molecule has 1 heterocycles. The van der Waals surface area contributed by atoms with Gasteiger partial charge in [0.15, 0.2) is 11.6 Å². The third-order valence-electron chi connectivity index (χ3n) is 9.21. The second-order valence-electron chi connectivity index (χ2n) is 11.7. The molecule has 1 N–H and O–H groups in total. The van der Waals surface area contributed by atoms with Gasteiger partial charge in [-0.05, 0) is 67.7 Å². The number of Topliss-reactive ketones (excluding diaryl/α,β-unsaturated/α-hetero) is 1. The Kier molecular flexibility index (Phi) is 6.85. The molecule has 0 bridgehead atoms. The van der Waals surface area contributed by atoms with Crippen LogP contribution in [0, 0.1) is 17.8 Å². The summed E-state index contributed by atoms with van der Waals surface area (Å²) in [4.78, 5) is 55.9. The fourth-order valence-electron chi connectivity index (χ4n) is 7.18. The van der Waals surface area contributed by atoms with E-state index in [1.54, 1.807) is 43.3 Å². The van der Waals surface area contributed by atoms with Crippen molar-refractivity contribution in [2.24, 2.45) is 17.8 Å². The Morgan fingerprint density at radius 2 is 1.68 bits per heavy atom. The maximum atomic E-state index is 14.0. The molecule has 4 aliphatic rings. The Morgan fingerprint density at radius 1 is 0.932 bits per heavy atom. The molecule has 4 unspecified atom stereocenters. The number of carbonyl (C=O) groups is 4. The van der Waals surface area contributed by atoms with E-state index < -0.39 is 23.7 Å².